The smallest absolute Gasteiger partial charge is 0.310 e. The standard InChI is InChI=1S/C10H16O4/c1-4-10(5-2,9(12)13)6-8(3)14-7-11/h7H,3-6H2,1-2H3,(H,12,13). The summed E-state index contributed by atoms with van der Waals surface area (Å²) < 4.78 is 4.51. The summed E-state index contributed by atoms with van der Waals surface area (Å²) >= 11 is 0. The van der Waals surface area contributed by atoms with Crippen LogP contribution in [0.25, 0.3) is 0 Å². The van der Waals surface area contributed by atoms with Gasteiger partial charge in [-0.05, 0) is 12.8 Å². The second kappa shape index (κ2) is 5.42. The van der Waals surface area contributed by atoms with Crippen molar-refractivity contribution in [3.63, 3.8) is 0 Å². The summed E-state index contributed by atoms with van der Waals surface area (Å²) in [6, 6.07) is 0. The van der Waals surface area contributed by atoms with Gasteiger partial charge in [-0.15, -0.1) is 0 Å². The number of carboxylic acids is 1. The second-order valence-electron chi connectivity index (χ2n) is 3.22. The van der Waals surface area contributed by atoms with Crippen LogP contribution < -0.4 is 0 Å². The van der Waals surface area contributed by atoms with E-state index in [1.165, 1.54) is 0 Å². The molecule has 80 valence electrons. The van der Waals surface area contributed by atoms with Crippen molar-refractivity contribution in [3.8, 4) is 0 Å². The van der Waals surface area contributed by atoms with Crippen molar-refractivity contribution in [2.75, 3.05) is 0 Å². The molecule has 0 aliphatic heterocycles. The lowest BCUT2D eigenvalue weighted by Gasteiger charge is -2.26. The number of carbonyl (C=O) groups is 2. The number of carboxylic acid groups (broad SMARTS) is 1. The molecule has 0 atom stereocenters. The van der Waals surface area contributed by atoms with Crippen LogP contribution in [0.15, 0.2) is 12.3 Å². The van der Waals surface area contributed by atoms with Crippen molar-refractivity contribution < 1.29 is 19.4 Å². The highest BCUT2D eigenvalue weighted by atomic mass is 16.5. The SMILES string of the molecule is C=C(CC(CC)(CC)C(=O)O)OC=O. The topological polar surface area (TPSA) is 63.6 Å². The minimum absolute atomic E-state index is 0.175. The lowest BCUT2D eigenvalue weighted by Crippen LogP contribution is -2.30. The molecule has 4 nitrogen and oxygen atoms in total. The summed E-state index contributed by atoms with van der Waals surface area (Å²) in [5, 5.41) is 9.06. The minimum atomic E-state index is -0.877. The van der Waals surface area contributed by atoms with E-state index in [2.05, 4.69) is 11.3 Å². The molecule has 0 saturated heterocycles. The van der Waals surface area contributed by atoms with Crippen molar-refractivity contribution in [1.82, 2.24) is 0 Å². The molecule has 0 unspecified atom stereocenters. The van der Waals surface area contributed by atoms with Gasteiger partial charge in [0.15, 0.2) is 0 Å². The molecular formula is C10H16O4. The quantitative estimate of drug-likeness (QED) is 0.504. The predicted octanol–water partition coefficient (Wildman–Crippen LogP) is 1.95. The highest BCUT2D eigenvalue weighted by molar-refractivity contribution is 5.74. The van der Waals surface area contributed by atoms with Gasteiger partial charge in [-0.1, -0.05) is 20.4 Å². The zero-order chi connectivity index (χ0) is 11.2. The first-order chi connectivity index (χ1) is 6.52. The van der Waals surface area contributed by atoms with Gasteiger partial charge in [0.1, 0.15) is 5.76 Å². The fourth-order valence-electron chi connectivity index (χ4n) is 1.37. The Kier molecular flexibility index (Phi) is 4.91. The largest absolute Gasteiger partial charge is 0.481 e. The molecule has 0 saturated carbocycles. The summed E-state index contributed by atoms with van der Waals surface area (Å²) in [5.41, 5.74) is -0.861. The van der Waals surface area contributed by atoms with Crippen LogP contribution in [0.3, 0.4) is 0 Å². The Morgan fingerprint density at radius 2 is 2.00 bits per heavy atom. The fourth-order valence-corrected chi connectivity index (χ4v) is 1.37. The van der Waals surface area contributed by atoms with Gasteiger partial charge in [-0.2, -0.15) is 0 Å². The maximum atomic E-state index is 11.0. The molecule has 0 aromatic rings. The van der Waals surface area contributed by atoms with Gasteiger partial charge in [0.25, 0.3) is 6.47 Å². The number of hydrogen-bond donors (Lipinski definition) is 1. The monoisotopic (exact) mass is 200 g/mol. The summed E-state index contributed by atoms with van der Waals surface area (Å²) in [6.45, 7) is 7.35. The van der Waals surface area contributed by atoms with E-state index < -0.39 is 11.4 Å². The molecule has 0 fully saturated rings. The first-order valence-electron chi connectivity index (χ1n) is 4.54. The second-order valence-corrected chi connectivity index (χ2v) is 3.22. The van der Waals surface area contributed by atoms with E-state index in [4.69, 9.17) is 5.11 Å². The first-order valence-corrected chi connectivity index (χ1v) is 4.54. The van der Waals surface area contributed by atoms with Gasteiger partial charge in [0, 0.05) is 6.42 Å². The molecule has 4 heteroatoms. The molecule has 0 rings (SSSR count). The maximum Gasteiger partial charge on any atom is 0.310 e. The molecule has 1 N–H and O–H groups in total. The Hall–Kier alpha value is -1.32. The molecule has 0 spiro atoms. The molecule has 0 heterocycles. The molecular weight excluding hydrogens is 184 g/mol. The van der Waals surface area contributed by atoms with Crippen LogP contribution in [-0.4, -0.2) is 17.5 Å². The molecule has 0 aliphatic carbocycles. The average molecular weight is 200 g/mol. The third-order valence-electron chi connectivity index (χ3n) is 2.56. The molecule has 0 aliphatic rings. The maximum absolute atomic E-state index is 11.0. The van der Waals surface area contributed by atoms with E-state index in [1.54, 1.807) is 13.8 Å². The number of aliphatic carboxylic acids is 1. The van der Waals surface area contributed by atoms with Crippen molar-refractivity contribution in [3.05, 3.63) is 12.3 Å². The Morgan fingerprint density at radius 3 is 2.29 bits per heavy atom. The van der Waals surface area contributed by atoms with Crippen LogP contribution in [0.4, 0.5) is 0 Å². The lowest BCUT2D eigenvalue weighted by atomic mass is 9.79. The number of allylic oxidation sites excluding steroid dienone is 1. The van der Waals surface area contributed by atoms with Gasteiger partial charge in [0.2, 0.25) is 0 Å². The highest BCUT2D eigenvalue weighted by Gasteiger charge is 2.35. The molecule has 0 aromatic heterocycles. The Labute approximate surface area is 83.6 Å². The first kappa shape index (κ1) is 12.7. The van der Waals surface area contributed by atoms with Crippen LogP contribution in [0, 0.1) is 5.41 Å². The number of carbonyl (C=O) groups excluding carboxylic acids is 1. The highest BCUT2D eigenvalue weighted by Crippen LogP contribution is 2.33. The molecule has 14 heavy (non-hydrogen) atoms. The van der Waals surface area contributed by atoms with Crippen molar-refractivity contribution in [1.29, 1.82) is 0 Å². The van der Waals surface area contributed by atoms with Gasteiger partial charge in [0.05, 0.1) is 5.41 Å². The number of rotatable bonds is 7. The summed E-state index contributed by atoms with van der Waals surface area (Å²) in [7, 11) is 0. The van der Waals surface area contributed by atoms with Crippen LogP contribution in [0.2, 0.25) is 0 Å². The van der Waals surface area contributed by atoms with E-state index in [0.29, 0.717) is 12.8 Å². The van der Waals surface area contributed by atoms with Crippen LogP contribution in [0.5, 0.6) is 0 Å². The van der Waals surface area contributed by atoms with E-state index in [1.807, 2.05) is 0 Å². The zero-order valence-corrected chi connectivity index (χ0v) is 8.58. The number of hydrogen-bond acceptors (Lipinski definition) is 3. The van der Waals surface area contributed by atoms with Crippen molar-refractivity contribution in [2.45, 2.75) is 33.1 Å². The summed E-state index contributed by atoms with van der Waals surface area (Å²) in [4.78, 5) is 21.1. The third kappa shape index (κ3) is 2.87. The van der Waals surface area contributed by atoms with E-state index in [9.17, 15) is 9.59 Å². The normalized spacial score (nSPS) is 10.7. The Morgan fingerprint density at radius 1 is 1.50 bits per heavy atom. The van der Waals surface area contributed by atoms with Crippen LogP contribution in [0.1, 0.15) is 33.1 Å². The van der Waals surface area contributed by atoms with Crippen LogP contribution in [-0.2, 0) is 14.3 Å². The Balaban J connectivity index is 4.58. The van der Waals surface area contributed by atoms with E-state index in [-0.39, 0.29) is 18.7 Å². The lowest BCUT2D eigenvalue weighted by molar-refractivity contribution is -0.150. The van der Waals surface area contributed by atoms with E-state index in [0.717, 1.165) is 0 Å². The summed E-state index contributed by atoms with van der Waals surface area (Å²) in [5.74, 6) is -0.677. The predicted molar refractivity (Wildman–Crippen MR) is 51.6 cm³/mol. The van der Waals surface area contributed by atoms with Gasteiger partial charge in [-0.3, -0.25) is 9.59 Å². The van der Waals surface area contributed by atoms with Crippen LogP contribution >= 0.6 is 0 Å². The molecule has 0 amide bonds. The van der Waals surface area contributed by atoms with Gasteiger partial charge >= 0.3 is 5.97 Å². The minimum Gasteiger partial charge on any atom is -0.481 e. The zero-order valence-electron chi connectivity index (χ0n) is 8.58. The van der Waals surface area contributed by atoms with Crippen molar-refractivity contribution >= 4 is 12.4 Å². The average Bonchev–Trinajstić information content (AvgIpc) is 2.14. The van der Waals surface area contributed by atoms with E-state index >= 15 is 0 Å². The van der Waals surface area contributed by atoms with Crippen molar-refractivity contribution in [2.24, 2.45) is 5.41 Å². The third-order valence-corrected chi connectivity index (χ3v) is 2.56. The Bertz CT molecular complexity index is 228. The fraction of sp³-hybridized carbons (Fsp3) is 0.600. The molecule has 0 bridgehead atoms. The summed E-state index contributed by atoms with van der Waals surface area (Å²) in [6.07, 6.45) is 1.15. The van der Waals surface area contributed by atoms with Gasteiger partial charge < -0.3 is 9.84 Å². The molecule has 0 radical (unpaired) electrons. The van der Waals surface area contributed by atoms with Gasteiger partial charge in [-0.25, -0.2) is 0 Å². The number of ether oxygens (including phenoxy) is 1. The molecule has 0 aromatic carbocycles.